The normalized spacial score (nSPS) is 17.4. The molecule has 1 atom stereocenters. The number of fused-ring (bicyclic) bond motifs is 1. The summed E-state index contributed by atoms with van der Waals surface area (Å²) >= 11 is 0. The molecule has 1 aliphatic rings. The van der Waals surface area contributed by atoms with Gasteiger partial charge in [0, 0.05) is 19.0 Å². The summed E-state index contributed by atoms with van der Waals surface area (Å²) in [4.78, 5) is 0.248. The molecular weight excluding hydrogens is 362 g/mol. The number of phenolic OH excluding ortho intramolecular Hbond substituents is 2. The number of hydrogen-bond donors (Lipinski definition) is 2. The van der Waals surface area contributed by atoms with Crippen molar-refractivity contribution in [3.8, 4) is 11.5 Å². The minimum Gasteiger partial charge on any atom is -0.508 e. The Morgan fingerprint density at radius 3 is 2.22 bits per heavy atom. The van der Waals surface area contributed by atoms with Gasteiger partial charge in [-0.05, 0) is 53.1 Å². The number of nitrogens with zero attached hydrogens (tertiary/aromatic N) is 1. The molecule has 0 bridgehead atoms. The van der Waals surface area contributed by atoms with Crippen molar-refractivity contribution in [3.63, 3.8) is 0 Å². The van der Waals surface area contributed by atoms with Gasteiger partial charge in [0.1, 0.15) is 11.5 Å². The molecule has 138 valence electrons. The second-order valence-electron chi connectivity index (χ2n) is 6.64. The highest BCUT2D eigenvalue weighted by Crippen LogP contribution is 2.37. The largest absolute Gasteiger partial charge is 0.508 e. The van der Waals surface area contributed by atoms with Crippen LogP contribution in [0.4, 0.5) is 0 Å². The number of aromatic hydroxyl groups is 2. The van der Waals surface area contributed by atoms with Crippen molar-refractivity contribution >= 4 is 10.0 Å². The summed E-state index contributed by atoms with van der Waals surface area (Å²) in [6, 6.07) is 20.2. The molecule has 2 N–H and O–H groups in total. The van der Waals surface area contributed by atoms with E-state index in [4.69, 9.17) is 0 Å². The average molecular weight is 381 g/mol. The monoisotopic (exact) mass is 381 g/mol. The van der Waals surface area contributed by atoms with E-state index in [-0.39, 0.29) is 28.9 Å². The van der Waals surface area contributed by atoms with E-state index in [1.165, 1.54) is 4.31 Å². The van der Waals surface area contributed by atoms with Crippen LogP contribution in [0.3, 0.4) is 0 Å². The van der Waals surface area contributed by atoms with Crippen molar-refractivity contribution in [1.29, 1.82) is 0 Å². The molecule has 27 heavy (non-hydrogen) atoms. The van der Waals surface area contributed by atoms with Crippen molar-refractivity contribution < 1.29 is 18.6 Å². The van der Waals surface area contributed by atoms with Gasteiger partial charge in [-0.1, -0.05) is 36.4 Å². The zero-order chi connectivity index (χ0) is 19.0. The second-order valence-corrected chi connectivity index (χ2v) is 8.58. The summed E-state index contributed by atoms with van der Waals surface area (Å²) in [5.74, 6) is 0.0832. The van der Waals surface area contributed by atoms with Gasteiger partial charge in [0.05, 0.1) is 4.90 Å². The molecule has 0 saturated carbocycles. The van der Waals surface area contributed by atoms with Crippen LogP contribution >= 0.6 is 0 Å². The molecule has 1 unspecified atom stereocenters. The smallest absolute Gasteiger partial charge is 0.243 e. The number of sulfonamides is 1. The van der Waals surface area contributed by atoms with Crippen LogP contribution in [-0.2, 0) is 16.6 Å². The fourth-order valence-corrected chi connectivity index (χ4v) is 5.00. The number of hydrogen-bond acceptors (Lipinski definition) is 4. The molecule has 0 fully saturated rings. The van der Waals surface area contributed by atoms with E-state index in [1.807, 2.05) is 6.07 Å². The van der Waals surface area contributed by atoms with Crippen LogP contribution in [0.1, 0.15) is 22.6 Å². The Kier molecular flexibility index (Phi) is 4.37. The van der Waals surface area contributed by atoms with Gasteiger partial charge in [-0.2, -0.15) is 4.31 Å². The van der Waals surface area contributed by atoms with Crippen molar-refractivity contribution in [1.82, 2.24) is 4.31 Å². The van der Waals surface area contributed by atoms with Gasteiger partial charge in [-0.3, -0.25) is 0 Å². The predicted molar refractivity (Wildman–Crippen MR) is 102 cm³/mol. The minimum absolute atomic E-state index is 0.108. The Morgan fingerprint density at radius 2 is 1.52 bits per heavy atom. The van der Waals surface area contributed by atoms with E-state index >= 15 is 0 Å². The van der Waals surface area contributed by atoms with Crippen LogP contribution in [0.5, 0.6) is 11.5 Å². The second kappa shape index (κ2) is 6.72. The fourth-order valence-electron chi connectivity index (χ4n) is 3.54. The predicted octanol–water partition coefficient (Wildman–Crippen LogP) is 3.43. The topological polar surface area (TPSA) is 77.8 Å². The maximum absolute atomic E-state index is 13.1. The highest BCUT2D eigenvalue weighted by Gasteiger charge is 2.34. The third-order valence-corrected chi connectivity index (χ3v) is 6.74. The summed E-state index contributed by atoms with van der Waals surface area (Å²) in [5, 5.41) is 19.5. The van der Waals surface area contributed by atoms with Crippen LogP contribution in [0.2, 0.25) is 0 Å². The minimum atomic E-state index is -3.66. The molecule has 0 aliphatic carbocycles. The first-order chi connectivity index (χ1) is 12.9. The van der Waals surface area contributed by atoms with Gasteiger partial charge < -0.3 is 10.2 Å². The third kappa shape index (κ3) is 3.29. The van der Waals surface area contributed by atoms with Crippen molar-refractivity contribution in [2.75, 3.05) is 6.54 Å². The van der Waals surface area contributed by atoms with Gasteiger partial charge in [0.15, 0.2) is 0 Å². The first-order valence-corrected chi connectivity index (χ1v) is 10.0. The molecule has 0 radical (unpaired) electrons. The van der Waals surface area contributed by atoms with Crippen molar-refractivity contribution in [2.45, 2.75) is 17.4 Å². The summed E-state index contributed by atoms with van der Waals surface area (Å²) < 4.78 is 27.7. The lowest BCUT2D eigenvalue weighted by Crippen LogP contribution is -2.38. The van der Waals surface area contributed by atoms with Gasteiger partial charge >= 0.3 is 0 Å². The third-order valence-electron chi connectivity index (χ3n) is 4.91. The first kappa shape index (κ1) is 17.6. The zero-order valence-electron chi connectivity index (χ0n) is 14.5. The molecule has 0 aromatic heterocycles. The van der Waals surface area contributed by atoms with E-state index in [0.29, 0.717) is 6.54 Å². The molecule has 1 aliphatic heterocycles. The van der Waals surface area contributed by atoms with Crippen LogP contribution < -0.4 is 0 Å². The Hall–Kier alpha value is -2.83. The van der Waals surface area contributed by atoms with Crippen LogP contribution in [0, 0.1) is 0 Å². The van der Waals surface area contributed by atoms with Crippen LogP contribution in [0.15, 0.2) is 77.7 Å². The average Bonchev–Trinajstić information content (AvgIpc) is 2.68. The zero-order valence-corrected chi connectivity index (χ0v) is 15.3. The number of phenols is 2. The Balaban J connectivity index is 1.80. The van der Waals surface area contributed by atoms with Gasteiger partial charge in [0.2, 0.25) is 10.0 Å². The van der Waals surface area contributed by atoms with Crippen molar-refractivity contribution in [2.24, 2.45) is 0 Å². The highest BCUT2D eigenvalue weighted by molar-refractivity contribution is 7.89. The number of benzene rings is 3. The molecule has 5 nitrogen and oxygen atoms in total. The quantitative estimate of drug-likeness (QED) is 0.729. The SMILES string of the molecule is O=S(=O)(c1ccccc1)N1Cc2cc(O)ccc2C(c2ccc(O)cc2)C1. The summed E-state index contributed by atoms with van der Waals surface area (Å²) in [7, 11) is -3.66. The summed E-state index contributed by atoms with van der Waals surface area (Å²) in [6.45, 7) is 0.495. The molecule has 1 heterocycles. The molecule has 3 aromatic rings. The van der Waals surface area contributed by atoms with Gasteiger partial charge in [-0.25, -0.2) is 8.42 Å². The van der Waals surface area contributed by atoms with Gasteiger partial charge in [0.25, 0.3) is 0 Å². The molecule has 4 rings (SSSR count). The molecule has 6 heteroatoms. The molecule has 0 saturated heterocycles. The lowest BCUT2D eigenvalue weighted by molar-refractivity contribution is 0.369. The maximum Gasteiger partial charge on any atom is 0.243 e. The lowest BCUT2D eigenvalue weighted by atomic mass is 9.85. The fraction of sp³-hybridized carbons (Fsp3) is 0.143. The van der Waals surface area contributed by atoms with Crippen molar-refractivity contribution in [3.05, 3.63) is 89.5 Å². The number of rotatable bonds is 3. The Labute approximate surface area is 158 Å². The maximum atomic E-state index is 13.1. The van der Waals surface area contributed by atoms with Crippen LogP contribution in [0.25, 0.3) is 0 Å². The van der Waals surface area contributed by atoms with E-state index in [2.05, 4.69) is 0 Å². The van der Waals surface area contributed by atoms with E-state index in [1.54, 1.807) is 66.7 Å². The van der Waals surface area contributed by atoms with E-state index < -0.39 is 10.0 Å². The molecule has 0 amide bonds. The molecule has 0 spiro atoms. The Bertz CT molecular complexity index is 1060. The summed E-state index contributed by atoms with van der Waals surface area (Å²) in [5.41, 5.74) is 2.67. The Morgan fingerprint density at radius 1 is 0.852 bits per heavy atom. The lowest BCUT2D eigenvalue weighted by Gasteiger charge is -2.34. The first-order valence-electron chi connectivity index (χ1n) is 8.61. The van der Waals surface area contributed by atoms with Gasteiger partial charge in [-0.15, -0.1) is 0 Å². The highest BCUT2D eigenvalue weighted by atomic mass is 32.2. The molecule has 3 aromatic carbocycles. The summed E-state index contributed by atoms with van der Waals surface area (Å²) in [6.07, 6.45) is 0. The van der Waals surface area contributed by atoms with Crippen LogP contribution in [-0.4, -0.2) is 29.5 Å². The van der Waals surface area contributed by atoms with E-state index in [9.17, 15) is 18.6 Å². The van der Waals surface area contributed by atoms with E-state index in [0.717, 1.165) is 16.7 Å². The molecular formula is C21H19NO4S. The standard InChI is InChI=1S/C21H19NO4S/c23-17-8-6-15(7-9-17)21-14-22(13-16-12-18(24)10-11-20(16)21)27(25,26)19-4-2-1-3-5-19/h1-12,21,23-24H,13-14H2.